The quantitative estimate of drug-likeness (QED) is 0.807. The molecule has 0 atom stereocenters. The molecular formula is C19H25FN2O4. The Labute approximate surface area is 152 Å². The zero-order valence-electron chi connectivity index (χ0n) is 15.9. The van der Waals surface area contributed by atoms with Gasteiger partial charge in [-0.2, -0.15) is 0 Å². The Morgan fingerprint density at radius 2 is 1.92 bits per heavy atom. The van der Waals surface area contributed by atoms with Crippen LogP contribution in [0.4, 0.5) is 15.9 Å². The molecule has 2 N–H and O–H groups in total. The van der Waals surface area contributed by atoms with E-state index in [-0.39, 0.29) is 29.2 Å². The van der Waals surface area contributed by atoms with Gasteiger partial charge >= 0.3 is 5.97 Å². The molecule has 1 aromatic heterocycles. The lowest BCUT2D eigenvalue weighted by atomic mass is 10.1. The molecule has 2 rings (SSSR count). The monoisotopic (exact) mass is 364 g/mol. The highest BCUT2D eigenvalue weighted by Crippen LogP contribution is 2.30. The molecule has 0 saturated heterocycles. The molecule has 0 bridgehead atoms. The summed E-state index contributed by atoms with van der Waals surface area (Å²) in [5.74, 6) is -1.86. The van der Waals surface area contributed by atoms with E-state index in [0.717, 1.165) is 10.1 Å². The van der Waals surface area contributed by atoms with Gasteiger partial charge in [0.25, 0.3) is 5.56 Å². The number of ether oxygens (including phenoxy) is 1. The number of aromatic nitrogens is 1. The van der Waals surface area contributed by atoms with E-state index in [1.165, 1.54) is 26.1 Å². The fourth-order valence-corrected chi connectivity index (χ4v) is 2.31. The van der Waals surface area contributed by atoms with Crippen molar-refractivity contribution in [2.45, 2.75) is 34.6 Å². The van der Waals surface area contributed by atoms with Crippen LogP contribution in [0.3, 0.4) is 0 Å². The van der Waals surface area contributed by atoms with Crippen LogP contribution >= 0.6 is 0 Å². The number of anilines is 2. The van der Waals surface area contributed by atoms with E-state index in [1.807, 2.05) is 13.8 Å². The van der Waals surface area contributed by atoms with Crippen LogP contribution < -0.4 is 10.9 Å². The van der Waals surface area contributed by atoms with Gasteiger partial charge in [0.2, 0.25) is 0 Å². The van der Waals surface area contributed by atoms with E-state index in [2.05, 4.69) is 5.32 Å². The molecule has 0 fully saturated rings. The van der Waals surface area contributed by atoms with Crippen molar-refractivity contribution in [1.29, 1.82) is 0 Å². The second-order valence-corrected chi connectivity index (χ2v) is 5.39. The predicted octanol–water partition coefficient (Wildman–Crippen LogP) is 3.79. The van der Waals surface area contributed by atoms with Gasteiger partial charge in [0.1, 0.15) is 22.9 Å². The Bertz CT molecular complexity index is 860. The van der Waals surface area contributed by atoms with Gasteiger partial charge < -0.3 is 15.2 Å². The summed E-state index contributed by atoms with van der Waals surface area (Å²) in [6.45, 7) is 8.86. The molecule has 0 aliphatic rings. The molecular weight excluding hydrogens is 339 g/mol. The van der Waals surface area contributed by atoms with Crippen LogP contribution in [0.1, 0.15) is 42.3 Å². The number of carbonyl (C=O) groups excluding carboxylic acids is 1. The lowest BCUT2D eigenvalue weighted by Crippen LogP contribution is -2.25. The van der Waals surface area contributed by atoms with Crippen molar-refractivity contribution in [2.24, 2.45) is 7.05 Å². The van der Waals surface area contributed by atoms with E-state index in [0.29, 0.717) is 0 Å². The number of carbonyl (C=O) groups is 1. The molecule has 0 saturated carbocycles. The number of nitrogens with one attached hydrogen (secondary N) is 1. The number of esters is 1. The van der Waals surface area contributed by atoms with E-state index in [9.17, 15) is 19.1 Å². The summed E-state index contributed by atoms with van der Waals surface area (Å²) >= 11 is 0. The van der Waals surface area contributed by atoms with Crippen LogP contribution in [0, 0.1) is 19.7 Å². The smallest absolute Gasteiger partial charge is 0.345 e. The van der Waals surface area contributed by atoms with Gasteiger partial charge in [-0.05, 0) is 38.5 Å². The van der Waals surface area contributed by atoms with Crippen molar-refractivity contribution in [3.05, 3.63) is 51.1 Å². The highest BCUT2D eigenvalue weighted by molar-refractivity contribution is 5.99. The molecule has 7 heteroatoms. The largest absolute Gasteiger partial charge is 0.506 e. The Balaban J connectivity index is 0.00000163. The first-order valence-electron chi connectivity index (χ1n) is 8.40. The fraction of sp³-hybridized carbons (Fsp3) is 0.368. The summed E-state index contributed by atoms with van der Waals surface area (Å²) in [7, 11) is 1.42. The van der Waals surface area contributed by atoms with E-state index < -0.39 is 23.1 Å². The topological polar surface area (TPSA) is 80.6 Å². The second kappa shape index (κ2) is 9.03. The molecule has 0 amide bonds. The Kier molecular flexibility index (Phi) is 7.37. The van der Waals surface area contributed by atoms with Gasteiger partial charge in [-0.15, -0.1) is 0 Å². The highest BCUT2D eigenvalue weighted by Gasteiger charge is 2.25. The summed E-state index contributed by atoms with van der Waals surface area (Å²) < 4.78 is 20.2. The van der Waals surface area contributed by atoms with Crippen molar-refractivity contribution in [3.8, 4) is 5.75 Å². The third-order valence-electron chi connectivity index (χ3n) is 3.65. The van der Waals surface area contributed by atoms with Crippen molar-refractivity contribution in [2.75, 3.05) is 11.9 Å². The fourth-order valence-electron chi connectivity index (χ4n) is 2.31. The van der Waals surface area contributed by atoms with Crippen LogP contribution in [-0.2, 0) is 11.8 Å². The molecule has 0 unspecified atom stereocenters. The maximum absolute atomic E-state index is 14.1. The average Bonchev–Trinajstić information content (AvgIpc) is 2.61. The second-order valence-electron chi connectivity index (χ2n) is 5.39. The van der Waals surface area contributed by atoms with Crippen molar-refractivity contribution < 1.29 is 19.0 Å². The Hall–Kier alpha value is -2.83. The first-order valence-corrected chi connectivity index (χ1v) is 8.40. The molecule has 142 valence electrons. The summed E-state index contributed by atoms with van der Waals surface area (Å²) in [4.78, 5) is 24.4. The number of rotatable bonds is 4. The Morgan fingerprint density at radius 1 is 1.31 bits per heavy atom. The first-order chi connectivity index (χ1) is 12.3. The number of aromatic hydroxyl groups is 1. The maximum atomic E-state index is 14.1. The van der Waals surface area contributed by atoms with Crippen molar-refractivity contribution >= 4 is 17.5 Å². The summed E-state index contributed by atoms with van der Waals surface area (Å²) in [5, 5.41) is 12.9. The van der Waals surface area contributed by atoms with Gasteiger partial charge in [0, 0.05) is 7.05 Å². The van der Waals surface area contributed by atoms with Gasteiger partial charge in [-0.25, -0.2) is 9.18 Å². The number of aryl methyl sites for hydroxylation is 1. The normalized spacial score (nSPS) is 9.96. The lowest BCUT2D eigenvalue weighted by Gasteiger charge is -2.18. The number of benzene rings is 1. The lowest BCUT2D eigenvalue weighted by molar-refractivity contribution is 0.0523. The molecule has 0 radical (unpaired) electrons. The average molecular weight is 364 g/mol. The number of nitrogens with zero attached hydrogens (tertiary/aromatic N) is 1. The molecule has 1 aromatic carbocycles. The van der Waals surface area contributed by atoms with Crippen molar-refractivity contribution in [1.82, 2.24) is 4.57 Å². The number of hydrogen-bond acceptors (Lipinski definition) is 5. The Morgan fingerprint density at radius 3 is 2.46 bits per heavy atom. The summed E-state index contributed by atoms with van der Waals surface area (Å²) in [6.07, 6.45) is 0. The zero-order valence-corrected chi connectivity index (χ0v) is 15.9. The number of pyridine rings is 1. The number of hydrogen-bond donors (Lipinski definition) is 2. The third kappa shape index (κ3) is 4.22. The van der Waals surface area contributed by atoms with Crippen LogP contribution in [0.5, 0.6) is 5.75 Å². The molecule has 6 nitrogen and oxygen atoms in total. The molecule has 0 aliphatic heterocycles. The maximum Gasteiger partial charge on any atom is 0.345 e. The minimum Gasteiger partial charge on any atom is -0.506 e. The van der Waals surface area contributed by atoms with Crippen molar-refractivity contribution in [3.63, 3.8) is 0 Å². The summed E-state index contributed by atoms with van der Waals surface area (Å²) in [5.41, 5.74) is 0.0937. The van der Waals surface area contributed by atoms with E-state index in [1.54, 1.807) is 19.9 Å². The van der Waals surface area contributed by atoms with Crippen LogP contribution in [0.25, 0.3) is 0 Å². The molecule has 0 aliphatic carbocycles. The van der Waals surface area contributed by atoms with Gasteiger partial charge in [0.15, 0.2) is 0 Å². The molecule has 2 aromatic rings. The summed E-state index contributed by atoms with van der Waals surface area (Å²) in [6, 6.07) is 4.49. The van der Waals surface area contributed by atoms with E-state index in [4.69, 9.17) is 4.74 Å². The van der Waals surface area contributed by atoms with Gasteiger partial charge in [-0.1, -0.05) is 19.9 Å². The van der Waals surface area contributed by atoms with Crippen LogP contribution in [0.15, 0.2) is 23.0 Å². The standard InChI is InChI=1S/C17H19FN2O4.C2H6/c1-5-24-17(23)13-14(21)10(3)16(22)20(4)15(13)19-12-7-6-9(2)8-11(12)18;1-2/h6-8,19,21H,5H2,1-4H3;1-2H3. The molecule has 26 heavy (non-hydrogen) atoms. The minimum atomic E-state index is -0.802. The van der Waals surface area contributed by atoms with Crippen LogP contribution in [0.2, 0.25) is 0 Å². The van der Waals surface area contributed by atoms with Gasteiger partial charge in [0.05, 0.1) is 17.9 Å². The molecule has 0 spiro atoms. The van der Waals surface area contributed by atoms with E-state index >= 15 is 0 Å². The number of halogens is 1. The minimum absolute atomic E-state index is 0.00970. The molecule has 1 heterocycles. The van der Waals surface area contributed by atoms with Crippen LogP contribution in [-0.4, -0.2) is 22.2 Å². The highest BCUT2D eigenvalue weighted by atomic mass is 19.1. The first kappa shape index (κ1) is 21.2. The third-order valence-corrected chi connectivity index (χ3v) is 3.65. The zero-order chi connectivity index (χ0) is 20.0. The predicted molar refractivity (Wildman–Crippen MR) is 99.8 cm³/mol. The SMILES string of the molecule is CC.CCOC(=O)c1c(O)c(C)c(=O)n(C)c1Nc1ccc(C)cc1F. The van der Waals surface area contributed by atoms with Gasteiger partial charge in [-0.3, -0.25) is 9.36 Å².